The number of carbonyl (C=O) groups excluding carboxylic acids is 2. The van der Waals surface area contributed by atoms with Gasteiger partial charge in [0.1, 0.15) is 12.6 Å². The number of amides is 2. The molecule has 0 aliphatic heterocycles. The number of nitrogens with zero attached hydrogens (tertiary/aromatic N) is 2. The van der Waals surface area contributed by atoms with Gasteiger partial charge >= 0.3 is 0 Å². The predicted molar refractivity (Wildman–Crippen MR) is 148 cm³/mol. The largest absolute Gasteiger partial charge is 0.357 e. The topological polar surface area (TPSA) is 86.8 Å². The summed E-state index contributed by atoms with van der Waals surface area (Å²) in [5.41, 5.74) is 0.539. The maximum Gasteiger partial charge on any atom is 0.264 e. The van der Waals surface area contributed by atoms with Gasteiger partial charge in [-0.05, 0) is 55.0 Å². The van der Waals surface area contributed by atoms with Crippen molar-refractivity contribution in [2.24, 2.45) is 0 Å². The molecule has 0 saturated carbocycles. The molecule has 0 spiro atoms. The maximum atomic E-state index is 13.7. The van der Waals surface area contributed by atoms with Crippen molar-refractivity contribution < 1.29 is 18.0 Å². The lowest BCUT2D eigenvalue weighted by molar-refractivity contribution is -0.139. The van der Waals surface area contributed by atoms with E-state index in [0.717, 1.165) is 4.31 Å². The highest BCUT2D eigenvalue weighted by molar-refractivity contribution is 7.92. The van der Waals surface area contributed by atoms with Crippen LogP contribution in [-0.2, 0) is 26.2 Å². The Hall–Kier alpha value is -2.49. The van der Waals surface area contributed by atoms with Crippen LogP contribution in [0.4, 0.5) is 5.69 Å². The van der Waals surface area contributed by atoms with Crippen LogP contribution in [0.25, 0.3) is 0 Å². The number of benzene rings is 3. The maximum absolute atomic E-state index is 13.7. The van der Waals surface area contributed by atoms with Crippen LogP contribution in [0.2, 0.25) is 20.1 Å². The fourth-order valence-corrected chi connectivity index (χ4v) is 5.89. The minimum absolute atomic E-state index is 0.0171. The highest BCUT2D eigenvalue weighted by Crippen LogP contribution is 2.33. The van der Waals surface area contributed by atoms with Crippen molar-refractivity contribution >= 4 is 73.9 Å². The molecule has 0 aliphatic rings. The molecule has 0 saturated heterocycles. The van der Waals surface area contributed by atoms with Crippen LogP contribution in [0.3, 0.4) is 0 Å². The second-order valence-corrected chi connectivity index (χ2v) is 11.5. The van der Waals surface area contributed by atoms with Gasteiger partial charge in [0.05, 0.1) is 15.6 Å². The summed E-state index contributed by atoms with van der Waals surface area (Å²) < 4.78 is 28.3. The van der Waals surface area contributed by atoms with Gasteiger partial charge in [-0.1, -0.05) is 70.7 Å². The van der Waals surface area contributed by atoms with E-state index in [-0.39, 0.29) is 27.2 Å². The Morgan fingerprint density at radius 3 is 2.14 bits per heavy atom. The normalized spacial score (nSPS) is 12.1. The van der Waals surface area contributed by atoms with Gasteiger partial charge in [-0.25, -0.2) is 8.42 Å². The van der Waals surface area contributed by atoms with Gasteiger partial charge in [0, 0.05) is 28.7 Å². The lowest BCUT2D eigenvalue weighted by Crippen LogP contribution is -2.50. The monoisotopic (exact) mass is 601 g/mol. The van der Waals surface area contributed by atoms with Gasteiger partial charge in [0.25, 0.3) is 10.0 Å². The number of likely N-dealkylation sites (N-methyl/N-ethyl adjacent to an activating group) is 1. The first-order chi connectivity index (χ1) is 17.4. The molecule has 12 heteroatoms. The molecule has 3 aromatic rings. The molecule has 0 radical (unpaired) electrons. The Balaban J connectivity index is 2.08. The predicted octanol–water partition coefficient (Wildman–Crippen LogP) is 5.66. The standard InChI is InChI=1S/C25H23Cl4N3O4S/c1-16(25(34)30-2)31(14-17-8-9-18(26)12-22(17)29)24(33)15-32(23-13-19(27)10-11-21(23)28)37(35,36)20-6-4-3-5-7-20/h3-13,16H,14-15H2,1-2H3,(H,30,34)/t16-/m1/s1. The van der Waals surface area contributed by atoms with Crippen molar-refractivity contribution in [2.45, 2.75) is 24.4 Å². The molecule has 2 amide bonds. The van der Waals surface area contributed by atoms with Crippen molar-refractivity contribution in [1.82, 2.24) is 10.2 Å². The van der Waals surface area contributed by atoms with Crippen molar-refractivity contribution in [3.63, 3.8) is 0 Å². The molecule has 7 nitrogen and oxygen atoms in total. The van der Waals surface area contributed by atoms with Crippen molar-refractivity contribution in [1.29, 1.82) is 0 Å². The molecule has 37 heavy (non-hydrogen) atoms. The molecule has 196 valence electrons. The summed E-state index contributed by atoms with van der Waals surface area (Å²) in [4.78, 5) is 27.5. The molecule has 0 aliphatic carbocycles. The van der Waals surface area contributed by atoms with Crippen molar-refractivity contribution in [3.8, 4) is 0 Å². The van der Waals surface area contributed by atoms with Crippen LogP contribution in [0, 0.1) is 0 Å². The highest BCUT2D eigenvalue weighted by Gasteiger charge is 2.33. The molecular weight excluding hydrogens is 580 g/mol. The summed E-state index contributed by atoms with van der Waals surface area (Å²) in [5.74, 6) is -1.12. The Kier molecular flexibility index (Phi) is 9.72. The first-order valence-electron chi connectivity index (χ1n) is 10.9. The van der Waals surface area contributed by atoms with E-state index in [4.69, 9.17) is 46.4 Å². The van der Waals surface area contributed by atoms with Gasteiger partial charge in [-0.15, -0.1) is 0 Å². The number of carbonyl (C=O) groups is 2. The van der Waals surface area contributed by atoms with Gasteiger partial charge in [-0.2, -0.15) is 0 Å². The average molecular weight is 603 g/mol. The minimum Gasteiger partial charge on any atom is -0.357 e. The summed E-state index contributed by atoms with van der Waals surface area (Å²) in [6.45, 7) is 0.790. The van der Waals surface area contributed by atoms with Crippen molar-refractivity contribution in [3.05, 3.63) is 92.4 Å². The van der Waals surface area contributed by atoms with Crippen LogP contribution in [0.1, 0.15) is 12.5 Å². The first kappa shape index (κ1) is 29.1. The summed E-state index contributed by atoms with van der Waals surface area (Å²) >= 11 is 24.8. The quantitative estimate of drug-likeness (QED) is 0.342. The van der Waals surface area contributed by atoms with Gasteiger partial charge in [-0.3, -0.25) is 13.9 Å². The number of nitrogens with one attached hydrogen (secondary N) is 1. The zero-order valence-electron chi connectivity index (χ0n) is 19.8. The van der Waals surface area contributed by atoms with E-state index in [1.807, 2.05) is 0 Å². The van der Waals surface area contributed by atoms with E-state index in [2.05, 4.69) is 5.32 Å². The van der Waals surface area contributed by atoms with Crippen LogP contribution < -0.4 is 9.62 Å². The molecule has 0 heterocycles. The third-order valence-electron chi connectivity index (χ3n) is 5.56. The second-order valence-electron chi connectivity index (χ2n) is 7.97. The Morgan fingerprint density at radius 2 is 1.51 bits per heavy atom. The van der Waals surface area contributed by atoms with Gasteiger partial charge < -0.3 is 10.2 Å². The Morgan fingerprint density at radius 1 is 0.892 bits per heavy atom. The lowest BCUT2D eigenvalue weighted by atomic mass is 10.1. The summed E-state index contributed by atoms with van der Waals surface area (Å²) in [7, 11) is -2.82. The Bertz CT molecular complexity index is 1400. The molecule has 0 aromatic heterocycles. The smallest absolute Gasteiger partial charge is 0.264 e. The third-order valence-corrected chi connectivity index (χ3v) is 8.47. The first-order valence-corrected chi connectivity index (χ1v) is 13.9. The number of rotatable bonds is 9. The number of sulfonamides is 1. The lowest BCUT2D eigenvalue weighted by Gasteiger charge is -2.32. The number of halogens is 4. The fourth-order valence-electron chi connectivity index (χ4n) is 3.53. The number of hydrogen-bond acceptors (Lipinski definition) is 4. The number of anilines is 1. The Labute approximate surface area is 235 Å². The zero-order valence-corrected chi connectivity index (χ0v) is 23.6. The average Bonchev–Trinajstić information content (AvgIpc) is 2.87. The van der Waals surface area contributed by atoms with Crippen LogP contribution in [0.5, 0.6) is 0 Å². The van der Waals surface area contributed by atoms with E-state index >= 15 is 0 Å². The van der Waals surface area contributed by atoms with Crippen molar-refractivity contribution in [2.75, 3.05) is 17.9 Å². The molecule has 0 bridgehead atoms. The second kappa shape index (κ2) is 12.4. The molecule has 1 atom stereocenters. The van der Waals surface area contributed by atoms with E-state index in [0.29, 0.717) is 15.6 Å². The molecular formula is C25H23Cl4N3O4S. The fraction of sp³-hybridized carbons (Fsp3) is 0.200. The zero-order chi connectivity index (χ0) is 27.3. The van der Waals surface area contributed by atoms with E-state index in [9.17, 15) is 18.0 Å². The van der Waals surface area contributed by atoms with Gasteiger partial charge in [0.2, 0.25) is 11.8 Å². The number of hydrogen-bond donors (Lipinski definition) is 1. The van der Waals surface area contributed by atoms with E-state index in [1.54, 1.807) is 30.3 Å². The summed E-state index contributed by atoms with van der Waals surface area (Å²) in [6.07, 6.45) is 0. The summed E-state index contributed by atoms with van der Waals surface area (Å²) in [5, 5.41) is 3.51. The van der Waals surface area contributed by atoms with Crippen LogP contribution >= 0.6 is 46.4 Å². The SMILES string of the molecule is CNC(=O)[C@@H](C)N(Cc1ccc(Cl)cc1Cl)C(=O)CN(c1cc(Cl)ccc1Cl)S(=O)(=O)c1ccccc1. The molecule has 3 rings (SSSR count). The molecule has 3 aromatic carbocycles. The van der Waals surface area contributed by atoms with E-state index in [1.165, 1.54) is 55.3 Å². The summed E-state index contributed by atoms with van der Waals surface area (Å²) in [6, 6.07) is 15.7. The third kappa shape index (κ3) is 6.89. The van der Waals surface area contributed by atoms with Gasteiger partial charge in [0.15, 0.2) is 0 Å². The van der Waals surface area contributed by atoms with Crippen LogP contribution in [-0.4, -0.2) is 44.8 Å². The van der Waals surface area contributed by atoms with E-state index < -0.39 is 34.4 Å². The minimum atomic E-state index is -4.26. The van der Waals surface area contributed by atoms with Crippen LogP contribution in [0.15, 0.2) is 71.6 Å². The molecule has 0 unspecified atom stereocenters. The molecule has 1 N–H and O–H groups in total. The highest BCUT2D eigenvalue weighted by atomic mass is 35.5. The molecule has 0 fully saturated rings.